The van der Waals surface area contributed by atoms with Crippen LogP contribution in [0.25, 0.3) is 65.7 Å². The summed E-state index contributed by atoms with van der Waals surface area (Å²) in [6, 6.07) is 45.4. The lowest BCUT2D eigenvalue weighted by atomic mass is 9.84. The minimum absolute atomic E-state index is 1.25. The van der Waals surface area contributed by atoms with Crippen LogP contribution in [-0.2, 0) is 0 Å². The number of hydrogen-bond donors (Lipinski definition) is 0. The maximum Gasteiger partial charge on any atom is -0.00139 e. The van der Waals surface area contributed by atoms with Crippen LogP contribution < -0.4 is 0 Å². The lowest BCUT2D eigenvalue weighted by molar-refractivity contribution is 1.46. The van der Waals surface area contributed by atoms with E-state index in [1.807, 2.05) is 0 Å². The van der Waals surface area contributed by atoms with Crippen LogP contribution in [-0.4, -0.2) is 0 Å². The standard InChI is InChI=1S/C40H32/c1-25-8-5-11-29(20-25)30-15-17-35-37-23-28(4)14-16-36(37)39-33(31-12-6-9-26(2)21-31)18-19-34(40(39)38(35)24-30)32-13-7-10-27(3)22-32/h5-24H,1-4H3. The van der Waals surface area contributed by atoms with E-state index in [0.29, 0.717) is 0 Å². The topological polar surface area (TPSA) is 0 Å². The van der Waals surface area contributed by atoms with E-state index in [9.17, 15) is 0 Å². The average molecular weight is 513 g/mol. The van der Waals surface area contributed by atoms with Crippen LogP contribution in [0.1, 0.15) is 22.3 Å². The first-order valence-corrected chi connectivity index (χ1v) is 14.1. The Hall–Kier alpha value is -4.68. The zero-order chi connectivity index (χ0) is 27.4. The highest BCUT2D eigenvalue weighted by molar-refractivity contribution is 6.31. The van der Waals surface area contributed by atoms with Crippen LogP contribution in [0.15, 0.2) is 121 Å². The van der Waals surface area contributed by atoms with Crippen LogP contribution in [0.5, 0.6) is 0 Å². The van der Waals surface area contributed by atoms with E-state index < -0.39 is 0 Å². The second kappa shape index (κ2) is 9.50. The first kappa shape index (κ1) is 24.4. The molecule has 0 nitrogen and oxygen atoms in total. The molecule has 0 N–H and O–H groups in total. The van der Waals surface area contributed by atoms with Crippen molar-refractivity contribution in [1.29, 1.82) is 0 Å². The van der Waals surface area contributed by atoms with Crippen LogP contribution in [0.4, 0.5) is 0 Å². The first-order chi connectivity index (χ1) is 19.5. The molecule has 0 saturated carbocycles. The molecule has 0 aliphatic heterocycles. The quantitative estimate of drug-likeness (QED) is 0.207. The third-order valence-corrected chi connectivity index (χ3v) is 8.24. The van der Waals surface area contributed by atoms with Gasteiger partial charge in [-0.15, -0.1) is 0 Å². The van der Waals surface area contributed by atoms with E-state index in [2.05, 4.69) is 149 Å². The van der Waals surface area contributed by atoms with Gasteiger partial charge in [0.25, 0.3) is 0 Å². The molecule has 0 spiro atoms. The molecule has 0 heterocycles. The molecule has 0 unspecified atom stereocenters. The van der Waals surface area contributed by atoms with Crippen molar-refractivity contribution in [2.75, 3.05) is 0 Å². The lowest BCUT2D eigenvalue weighted by Gasteiger charge is -2.19. The molecule has 0 aliphatic carbocycles. The smallest absolute Gasteiger partial charge is 0.00139 e. The van der Waals surface area contributed by atoms with Crippen molar-refractivity contribution in [2.45, 2.75) is 27.7 Å². The summed E-state index contributed by atoms with van der Waals surface area (Å²) in [7, 11) is 0. The molecule has 7 aromatic carbocycles. The molecule has 0 aromatic heterocycles. The second-order valence-corrected chi connectivity index (χ2v) is 11.3. The highest BCUT2D eigenvalue weighted by atomic mass is 14.2. The first-order valence-electron chi connectivity index (χ1n) is 14.1. The Bertz CT molecular complexity index is 2090. The highest BCUT2D eigenvalue weighted by Crippen LogP contribution is 2.46. The predicted octanol–water partition coefficient (Wildman–Crippen LogP) is 11.4. The molecule has 192 valence electrons. The maximum atomic E-state index is 2.42. The Labute approximate surface area is 236 Å². The number of aryl methyl sites for hydroxylation is 4. The Kier molecular flexibility index (Phi) is 5.79. The summed E-state index contributed by atoms with van der Waals surface area (Å²) in [5, 5.41) is 7.88. The zero-order valence-electron chi connectivity index (χ0n) is 23.5. The van der Waals surface area contributed by atoms with Crippen molar-refractivity contribution in [1.82, 2.24) is 0 Å². The Morgan fingerprint density at radius 1 is 0.300 bits per heavy atom. The fraction of sp³-hybridized carbons (Fsp3) is 0.100. The Morgan fingerprint density at radius 2 is 0.775 bits per heavy atom. The van der Waals surface area contributed by atoms with Crippen molar-refractivity contribution in [3.05, 3.63) is 144 Å². The molecule has 0 heteroatoms. The van der Waals surface area contributed by atoms with E-state index in [0.717, 1.165) is 0 Å². The SMILES string of the molecule is Cc1cccc(-c2ccc3c4cc(C)ccc4c4c(-c5cccc(C)c5)ccc(-c5cccc(C)c5)c4c3c2)c1. The molecule has 40 heavy (non-hydrogen) atoms. The van der Waals surface area contributed by atoms with Gasteiger partial charge in [0.15, 0.2) is 0 Å². The normalized spacial score (nSPS) is 11.5. The molecular formula is C40H32. The molecule has 0 fully saturated rings. The van der Waals surface area contributed by atoms with Crippen LogP contribution in [0.2, 0.25) is 0 Å². The fourth-order valence-corrected chi connectivity index (χ4v) is 6.36. The van der Waals surface area contributed by atoms with Crippen LogP contribution in [0, 0.1) is 27.7 Å². The van der Waals surface area contributed by atoms with Crippen LogP contribution >= 0.6 is 0 Å². The Morgan fingerprint density at radius 3 is 1.38 bits per heavy atom. The summed E-state index contributed by atoms with van der Waals surface area (Å²) in [4.78, 5) is 0. The molecule has 0 saturated heterocycles. The molecule has 0 atom stereocenters. The monoisotopic (exact) mass is 512 g/mol. The van der Waals surface area contributed by atoms with Crippen molar-refractivity contribution in [3.63, 3.8) is 0 Å². The largest absolute Gasteiger partial charge is 0.0614 e. The third kappa shape index (κ3) is 4.08. The van der Waals surface area contributed by atoms with Gasteiger partial charge in [-0.1, -0.05) is 138 Å². The van der Waals surface area contributed by atoms with Gasteiger partial charge in [-0.25, -0.2) is 0 Å². The average Bonchev–Trinajstić information content (AvgIpc) is 2.96. The molecule has 0 bridgehead atoms. The molecular weight excluding hydrogens is 480 g/mol. The molecule has 0 aliphatic rings. The maximum absolute atomic E-state index is 2.42. The predicted molar refractivity (Wildman–Crippen MR) is 174 cm³/mol. The summed E-state index contributed by atoms with van der Waals surface area (Å²) >= 11 is 0. The van der Waals surface area contributed by atoms with Crippen LogP contribution in [0.3, 0.4) is 0 Å². The minimum atomic E-state index is 1.25. The van der Waals surface area contributed by atoms with Crippen molar-refractivity contribution in [2.24, 2.45) is 0 Å². The minimum Gasteiger partial charge on any atom is -0.0614 e. The van der Waals surface area contributed by atoms with Crippen molar-refractivity contribution < 1.29 is 0 Å². The summed E-state index contributed by atoms with van der Waals surface area (Å²) in [5.74, 6) is 0. The van der Waals surface area contributed by atoms with Gasteiger partial charge in [-0.3, -0.25) is 0 Å². The number of fused-ring (bicyclic) bond motifs is 6. The van der Waals surface area contributed by atoms with E-state index in [1.54, 1.807) is 0 Å². The summed E-state index contributed by atoms with van der Waals surface area (Å²) in [6.45, 7) is 8.72. The van der Waals surface area contributed by atoms with E-state index >= 15 is 0 Å². The number of rotatable bonds is 3. The third-order valence-electron chi connectivity index (χ3n) is 8.24. The van der Waals surface area contributed by atoms with Gasteiger partial charge >= 0.3 is 0 Å². The highest BCUT2D eigenvalue weighted by Gasteiger charge is 2.18. The molecule has 0 radical (unpaired) electrons. The van der Waals surface area contributed by atoms with E-state index in [4.69, 9.17) is 0 Å². The van der Waals surface area contributed by atoms with Crippen molar-refractivity contribution in [3.8, 4) is 33.4 Å². The van der Waals surface area contributed by atoms with Gasteiger partial charge in [-0.2, -0.15) is 0 Å². The van der Waals surface area contributed by atoms with Gasteiger partial charge in [0.05, 0.1) is 0 Å². The molecule has 7 aromatic rings. The molecule has 7 rings (SSSR count). The fourth-order valence-electron chi connectivity index (χ4n) is 6.36. The summed E-state index contributed by atoms with van der Waals surface area (Å²) in [5.41, 5.74) is 12.7. The lowest BCUT2D eigenvalue weighted by Crippen LogP contribution is -1.92. The van der Waals surface area contributed by atoms with Crippen molar-refractivity contribution >= 4 is 32.3 Å². The van der Waals surface area contributed by atoms with Gasteiger partial charge < -0.3 is 0 Å². The van der Waals surface area contributed by atoms with E-state index in [-0.39, 0.29) is 0 Å². The Balaban J connectivity index is 1.72. The van der Waals surface area contributed by atoms with Gasteiger partial charge in [0.2, 0.25) is 0 Å². The van der Waals surface area contributed by atoms with Gasteiger partial charge in [0, 0.05) is 0 Å². The summed E-state index contributed by atoms with van der Waals surface area (Å²) in [6.07, 6.45) is 0. The zero-order valence-corrected chi connectivity index (χ0v) is 23.5. The number of hydrogen-bond acceptors (Lipinski definition) is 0. The van der Waals surface area contributed by atoms with E-state index in [1.165, 1.54) is 88.0 Å². The number of benzene rings is 7. The van der Waals surface area contributed by atoms with Gasteiger partial charge in [0.1, 0.15) is 0 Å². The summed E-state index contributed by atoms with van der Waals surface area (Å²) < 4.78 is 0. The van der Waals surface area contributed by atoms with Gasteiger partial charge in [-0.05, 0) is 99.5 Å². The second-order valence-electron chi connectivity index (χ2n) is 11.3. The molecule has 0 amide bonds.